The standard InChI is InChI=1S/C11H12ClF2N3O3/c1-10(2,3)20-9(18)17-4-11(13,14)19-6-7(12)15-5-16-8(6)17/h5H,4H2,1-3H3. The number of fused-ring (bicyclic) bond motifs is 1. The van der Waals surface area contributed by atoms with Gasteiger partial charge in [0.05, 0.1) is 0 Å². The smallest absolute Gasteiger partial charge is 0.416 e. The molecule has 0 aliphatic carbocycles. The van der Waals surface area contributed by atoms with E-state index in [1.807, 2.05) is 0 Å². The number of nitrogens with zero attached hydrogens (tertiary/aromatic N) is 3. The van der Waals surface area contributed by atoms with Gasteiger partial charge in [-0.15, -0.1) is 0 Å². The fraction of sp³-hybridized carbons (Fsp3) is 0.545. The van der Waals surface area contributed by atoms with E-state index in [0.717, 1.165) is 6.33 Å². The molecule has 0 saturated carbocycles. The lowest BCUT2D eigenvalue weighted by Crippen LogP contribution is -2.49. The summed E-state index contributed by atoms with van der Waals surface area (Å²) in [5, 5.41) is -0.303. The molecule has 110 valence electrons. The summed E-state index contributed by atoms with van der Waals surface area (Å²) in [6, 6.07) is 0. The number of rotatable bonds is 0. The predicted molar refractivity (Wildman–Crippen MR) is 66.2 cm³/mol. The van der Waals surface area contributed by atoms with Gasteiger partial charge in [0.15, 0.2) is 11.0 Å². The number of amides is 1. The van der Waals surface area contributed by atoms with Gasteiger partial charge in [0, 0.05) is 0 Å². The average molecular weight is 308 g/mol. The van der Waals surface area contributed by atoms with E-state index in [0.29, 0.717) is 4.90 Å². The molecule has 0 saturated heterocycles. The van der Waals surface area contributed by atoms with Crippen molar-refractivity contribution < 1.29 is 23.0 Å². The molecule has 0 atom stereocenters. The summed E-state index contributed by atoms with van der Waals surface area (Å²) in [6.07, 6.45) is -3.51. The molecule has 1 aliphatic heterocycles. The third-order valence-corrected chi connectivity index (χ3v) is 2.47. The fourth-order valence-electron chi connectivity index (χ4n) is 1.53. The Morgan fingerprint density at radius 3 is 2.75 bits per heavy atom. The normalized spacial score (nSPS) is 17.2. The van der Waals surface area contributed by atoms with Crippen LogP contribution in [-0.2, 0) is 4.74 Å². The van der Waals surface area contributed by atoms with Gasteiger partial charge >= 0.3 is 12.2 Å². The second kappa shape index (κ2) is 4.69. The van der Waals surface area contributed by atoms with Gasteiger partial charge in [0.1, 0.15) is 18.5 Å². The van der Waals surface area contributed by atoms with Crippen molar-refractivity contribution in [1.82, 2.24) is 9.97 Å². The van der Waals surface area contributed by atoms with Crippen LogP contribution >= 0.6 is 11.6 Å². The predicted octanol–water partition coefficient (Wildman–Crippen LogP) is 2.86. The van der Waals surface area contributed by atoms with Crippen molar-refractivity contribution >= 4 is 23.5 Å². The van der Waals surface area contributed by atoms with Crippen LogP contribution in [0.3, 0.4) is 0 Å². The van der Waals surface area contributed by atoms with E-state index in [1.54, 1.807) is 20.8 Å². The minimum Gasteiger partial charge on any atom is -0.443 e. The second-order valence-electron chi connectivity index (χ2n) is 5.12. The number of carbonyl (C=O) groups is 1. The van der Waals surface area contributed by atoms with Crippen molar-refractivity contribution in [3.05, 3.63) is 11.5 Å². The van der Waals surface area contributed by atoms with Crippen LogP contribution in [0.5, 0.6) is 5.75 Å². The van der Waals surface area contributed by atoms with Crippen molar-refractivity contribution in [2.75, 3.05) is 11.4 Å². The molecule has 0 spiro atoms. The minimum absolute atomic E-state index is 0.148. The van der Waals surface area contributed by atoms with Crippen LogP contribution in [-0.4, -0.2) is 34.3 Å². The maximum absolute atomic E-state index is 13.5. The van der Waals surface area contributed by atoms with Crippen LogP contribution < -0.4 is 9.64 Å². The van der Waals surface area contributed by atoms with Crippen molar-refractivity contribution in [3.8, 4) is 5.75 Å². The number of halogens is 3. The molecule has 9 heteroatoms. The van der Waals surface area contributed by atoms with Gasteiger partial charge in [-0.2, -0.15) is 8.78 Å². The Bertz CT molecular complexity index is 548. The topological polar surface area (TPSA) is 64.5 Å². The highest BCUT2D eigenvalue weighted by Gasteiger charge is 2.46. The zero-order valence-corrected chi connectivity index (χ0v) is 11.7. The molecule has 2 heterocycles. The highest BCUT2D eigenvalue weighted by atomic mass is 35.5. The monoisotopic (exact) mass is 307 g/mol. The fourth-order valence-corrected chi connectivity index (χ4v) is 1.70. The number of anilines is 1. The highest BCUT2D eigenvalue weighted by molar-refractivity contribution is 6.31. The number of aromatic nitrogens is 2. The molecule has 1 aromatic heterocycles. The van der Waals surface area contributed by atoms with E-state index in [2.05, 4.69) is 14.7 Å². The first kappa shape index (κ1) is 14.7. The van der Waals surface area contributed by atoms with Crippen LogP contribution in [0.1, 0.15) is 20.8 Å². The molecule has 1 aromatic rings. The maximum Gasteiger partial charge on any atom is 0.416 e. The Labute approximate surface area is 118 Å². The molecule has 1 aliphatic rings. The van der Waals surface area contributed by atoms with Crippen LogP contribution in [0, 0.1) is 0 Å². The molecule has 20 heavy (non-hydrogen) atoms. The molecule has 2 rings (SSSR count). The van der Waals surface area contributed by atoms with Crippen LogP contribution in [0.4, 0.5) is 19.4 Å². The second-order valence-corrected chi connectivity index (χ2v) is 5.48. The van der Waals surface area contributed by atoms with Crippen LogP contribution in [0.15, 0.2) is 6.33 Å². The first-order valence-corrected chi connectivity index (χ1v) is 6.05. The van der Waals surface area contributed by atoms with E-state index in [-0.39, 0.29) is 11.0 Å². The van der Waals surface area contributed by atoms with Crippen LogP contribution in [0.2, 0.25) is 5.15 Å². The van der Waals surface area contributed by atoms with Crippen molar-refractivity contribution in [2.45, 2.75) is 32.5 Å². The lowest BCUT2D eigenvalue weighted by Gasteiger charge is -2.34. The summed E-state index contributed by atoms with van der Waals surface area (Å²) >= 11 is 5.68. The Balaban J connectivity index is 2.40. The zero-order chi connectivity index (χ0) is 15.1. The Morgan fingerprint density at radius 2 is 2.15 bits per heavy atom. The third-order valence-electron chi connectivity index (χ3n) is 2.20. The van der Waals surface area contributed by atoms with E-state index in [4.69, 9.17) is 16.3 Å². The summed E-state index contributed by atoms with van der Waals surface area (Å²) in [5.74, 6) is -0.596. The highest BCUT2D eigenvalue weighted by Crippen LogP contribution is 2.40. The molecule has 0 fully saturated rings. The van der Waals surface area contributed by atoms with Crippen molar-refractivity contribution in [3.63, 3.8) is 0 Å². The molecular formula is C11H12ClF2N3O3. The first-order valence-electron chi connectivity index (χ1n) is 5.67. The Kier molecular flexibility index (Phi) is 3.45. The molecule has 0 N–H and O–H groups in total. The summed E-state index contributed by atoms with van der Waals surface area (Å²) < 4.78 is 36.5. The third kappa shape index (κ3) is 3.06. The number of carbonyl (C=O) groups excluding carboxylic acids is 1. The molecule has 0 radical (unpaired) electrons. The molecule has 1 amide bonds. The van der Waals surface area contributed by atoms with E-state index in [9.17, 15) is 13.6 Å². The van der Waals surface area contributed by atoms with Gasteiger partial charge in [-0.1, -0.05) is 11.6 Å². The van der Waals surface area contributed by atoms with E-state index in [1.165, 1.54) is 0 Å². The summed E-state index contributed by atoms with van der Waals surface area (Å²) in [4.78, 5) is 20.0. The molecule has 0 unspecified atom stereocenters. The summed E-state index contributed by atoms with van der Waals surface area (Å²) in [6.45, 7) is 3.86. The number of hydrogen-bond donors (Lipinski definition) is 0. The van der Waals surface area contributed by atoms with E-state index >= 15 is 0 Å². The molecule has 6 nitrogen and oxygen atoms in total. The lowest BCUT2D eigenvalue weighted by molar-refractivity contribution is -0.172. The van der Waals surface area contributed by atoms with Crippen molar-refractivity contribution in [1.29, 1.82) is 0 Å². The number of ether oxygens (including phenoxy) is 2. The quantitative estimate of drug-likeness (QED) is 0.690. The van der Waals surface area contributed by atoms with Crippen molar-refractivity contribution in [2.24, 2.45) is 0 Å². The Hall–Kier alpha value is -1.70. The summed E-state index contributed by atoms with van der Waals surface area (Å²) in [5.41, 5.74) is -0.832. The SMILES string of the molecule is CC(C)(C)OC(=O)N1CC(F)(F)Oc2c(Cl)ncnc21. The molecule has 0 bridgehead atoms. The minimum atomic E-state index is -3.60. The van der Waals surface area contributed by atoms with Crippen LogP contribution in [0.25, 0.3) is 0 Å². The van der Waals surface area contributed by atoms with Gasteiger partial charge in [0.25, 0.3) is 0 Å². The van der Waals surface area contributed by atoms with Gasteiger partial charge < -0.3 is 9.47 Å². The van der Waals surface area contributed by atoms with Gasteiger partial charge in [0.2, 0.25) is 5.75 Å². The largest absolute Gasteiger partial charge is 0.443 e. The van der Waals surface area contributed by atoms with Gasteiger partial charge in [-0.3, -0.25) is 0 Å². The van der Waals surface area contributed by atoms with Gasteiger partial charge in [-0.05, 0) is 20.8 Å². The molecular weight excluding hydrogens is 296 g/mol. The first-order chi connectivity index (χ1) is 9.09. The van der Waals surface area contributed by atoms with E-state index < -0.39 is 30.1 Å². The zero-order valence-electron chi connectivity index (χ0n) is 11.0. The maximum atomic E-state index is 13.5. The van der Waals surface area contributed by atoms with Gasteiger partial charge in [-0.25, -0.2) is 19.7 Å². The Morgan fingerprint density at radius 1 is 1.50 bits per heavy atom. The molecule has 0 aromatic carbocycles. The number of hydrogen-bond acceptors (Lipinski definition) is 5. The number of alkyl halides is 2. The average Bonchev–Trinajstić information content (AvgIpc) is 2.26. The summed E-state index contributed by atoms with van der Waals surface area (Å²) in [7, 11) is 0. The lowest BCUT2D eigenvalue weighted by atomic mass is 10.2.